The van der Waals surface area contributed by atoms with Crippen molar-refractivity contribution in [1.29, 1.82) is 0 Å². The lowest BCUT2D eigenvalue weighted by Crippen LogP contribution is -2.36. The van der Waals surface area contributed by atoms with Crippen LogP contribution in [0.25, 0.3) is 0 Å². The third-order valence-electron chi connectivity index (χ3n) is 5.01. The number of anilines is 2. The molecule has 0 spiro atoms. The van der Waals surface area contributed by atoms with Crippen molar-refractivity contribution in [2.24, 2.45) is 0 Å². The molecule has 4 rings (SSSR count). The summed E-state index contributed by atoms with van der Waals surface area (Å²) in [5.41, 5.74) is 2.55. The average Bonchev–Trinajstić information content (AvgIpc) is 3.28. The van der Waals surface area contributed by atoms with Crippen LogP contribution in [-0.4, -0.2) is 48.5 Å². The molecule has 1 aliphatic rings. The topological polar surface area (TPSA) is 93.7 Å². The zero-order chi connectivity index (χ0) is 22.5. The summed E-state index contributed by atoms with van der Waals surface area (Å²) >= 11 is 2.54. The van der Waals surface area contributed by atoms with E-state index in [1.54, 1.807) is 25.3 Å². The molecule has 0 aliphatic carbocycles. The molecule has 0 atom stereocenters. The lowest BCUT2D eigenvalue weighted by molar-refractivity contribution is -0.116. The van der Waals surface area contributed by atoms with Gasteiger partial charge in [-0.25, -0.2) is 0 Å². The average molecular weight is 471 g/mol. The molecule has 2 heterocycles. The number of carbonyl (C=O) groups is 2. The Bertz CT molecular complexity index is 1130. The molecule has 166 valence electrons. The van der Waals surface area contributed by atoms with E-state index in [2.05, 4.69) is 21.6 Å². The van der Waals surface area contributed by atoms with E-state index < -0.39 is 0 Å². The molecule has 3 aromatic rings. The first-order chi connectivity index (χ1) is 15.6. The van der Waals surface area contributed by atoms with Crippen molar-refractivity contribution in [2.75, 3.05) is 36.7 Å². The van der Waals surface area contributed by atoms with Gasteiger partial charge in [-0.1, -0.05) is 41.3 Å². The summed E-state index contributed by atoms with van der Waals surface area (Å²) in [5.74, 6) is 0.912. The Labute approximate surface area is 193 Å². The Morgan fingerprint density at radius 3 is 2.81 bits per heavy atom. The van der Waals surface area contributed by atoms with Gasteiger partial charge in [0.25, 0.3) is 5.91 Å². The van der Waals surface area contributed by atoms with Gasteiger partial charge in [0, 0.05) is 18.3 Å². The number of nitrogens with one attached hydrogen (secondary N) is 1. The molecular weight excluding hydrogens is 448 g/mol. The minimum atomic E-state index is -0.363. The maximum absolute atomic E-state index is 12.8. The smallest absolute Gasteiger partial charge is 0.261 e. The third-order valence-corrected chi connectivity index (χ3v) is 6.97. The van der Waals surface area contributed by atoms with Crippen LogP contribution in [-0.2, 0) is 11.2 Å². The largest absolute Gasteiger partial charge is 0.497 e. The zero-order valence-electron chi connectivity index (χ0n) is 17.7. The molecule has 0 saturated heterocycles. The van der Waals surface area contributed by atoms with Gasteiger partial charge in [0.1, 0.15) is 11.5 Å². The van der Waals surface area contributed by atoms with Crippen LogP contribution >= 0.6 is 23.1 Å². The monoisotopic (exact) mass is 470 g/mol. The fourth-order valence-electron chi connectivity index (χ4n) is 3.46. The van der Waals surface area contributed by atoms with E-state index in [1.165, 1.54) is 35.8 Å². The van der Waals surface area contributed by atoms with Crippen LogP contribution < -0.4 is 19.7 Å². The first-order valence-corrected chi connectivity index (χ1v) is 11.8. The molecule has 0 radical (unpaired) electrons. The summed E-state index contributed by atoms with van der Waals surface area (Å²) in [5, 5.41) is 11.2. The number of hydrogen-bond donors (Lipinski definition) is 1. The number of aromatic nitrogens is 2. The molecule has 32 heavy (non-hydrogen) atoms. The minimum Gasteiger partial charge on any atom is -0.497 e. The number of nitrogens with zero attached hydrogens (tertiary/aromatic N) is 3. The molecular formula is C22H22N4O4S2. The van der Waals surface area contributed by atoms with Gasteiger partial charge in [-0.2, -0.15) is 0 Å². The lowest BCUT2D eigenvalue weighted by atomic mass is 10.0. The molecule has 0 unspecified atom stereocenters. The van der Waals surface area contributed by atoms with Crippen LogP contribution in [0.3, 0.4) is 0 Å². The van der Waals surface area contributed by atoms with Gasteiger partial charge in [-0.3, -0.25) is 14.9 Å². The second-order valence-electron chi connectivity index (χ2n) is 6.96. The number of carbonyl (C=O) groups excluding carboxylic acids is 2. The van der Waals surface area contributed by atoms with Gasteiger partial charge in [-0.05, 0) is 36.6 Å². The quantitative estimate of drug-likeness (QED) is 0.414. The van der Waals surface area contributed by atoms with Crippen molar-refractivity contribution < 1.29 is 19.1 Å². The van der Waals surface area contributed by atoms with E-state index in [-0.39, 0.29) is 17.6 Å². The normalized spacial score (nSPS) is 12.8. The van der Waals surface area contributed by atoms with Crippen LogP contribution in [0.1, 0.15) is 22.3 Å². The molecule has 2 amide bonds. The highest BCUT2D eigenvalue weighted by Crippen LogP contribution is 2.31. The third kappa shape index (κ3) is 4.86. The summed E-state index contributed by atoms with van der Waals surface area (Å²) in [6.07, 6.45) is 1.95. The first-order valence-electron chi connectivity index (χ1n) is 9.97. The lowest BCUT2D eigenvalue weighted by Gasteiger charge is -2.29. The van der Waals surface area contributed by atoms with Crippen LogP contribution in [0.4, 0.5) is 10.8 Å². The number of ether oxygens (including phenoxy) is 2. The van der Waals surface area contributed by atoms with Crippen molar-refractivity contribution >= 4 is 45.7 Å². The number of rotatable bonds is 7. The van der Waals surface area contributed by atoms with Crippen molar-refractivity contribution in [3.8, 4) is 11.5 Å². The number of aryl methyl sites for hydroxylation is 1. The SMILES string of the molecule is COc1ccc(C(=O)Nc2nnc(SCC(=O)N3CCCc4ccccc43)s2)c(OC)c1. The number of fused-ring (bicyclic) bond motifs is 1. The Balaban J connectivity index is 1.37. The van der Waals surface area contributed by atoms with Gasteiger partial charge < -0.3 is 14.4 Å². The maximum atomic E-state index is 12.8. The Kier molecular flexibility index (Phi) is 6.91. The van der Waals surface area contributed by atoms with Gasteiger partial charge in [0.15, 0.2) is 4.34 Å². The number of para-hydroxylation sites is 1. The van der Waals surface area contributed by atoms with Gasteiger partial charge >= 0.3 is 0 Å². The van der Waals surface area contributed by atoms with Crippen molar-refractivity contribution in [3.05, 3.63) is 53.6 Å². The van der Waals surface area contributed by atoms with E-state index in [9.17, 15) is 9.59 Å². The standard InChI is InChI=1S/C22H22N4O4S2/c1-29-15-9-10-16(18(12-15)30-2)20(28)23-21-24-25-22(32-21)31-13-19(27)26-11-5-7-14-6-3-4-8-17(14)26/h3-4,6,8-10,12H,5,7,11,13H2,1-2H3,(H,23,24,28). The molecule has 10 heteroatoms. The molecule has 8 nitrogen and oxygen atoms in total. The van der Waals surface area contributed by atoms with Gasteiger partial charge in [-0.15, -0.1) is 10.2 Å². The van der Waals surface area contributed by atoms with Crippen LogP contribution in [0, 0.1) is 0 Å². The summed E-state index contributed by atoms with van der Waals surface area (Å²) in [6, 6.07) is 13.0. The van der Waals surface area contributed by atoms with Crippen LogP contribution in [0.15, 0.2) is 46.8 Å². The van der Waals surface area contributed by atoms with E-state index in [0.29, 0.717) is 26.5 Å². The molecule has 0 bridgehead atoms. The van der Waals surface area contributed by atoms with Crippen LogP contribution in [0.2, 0.25) is 0 Å². The summed E-state index contributed by atoms with van der Waals surface area (Å²) in [7, 11) is 3.03. The summed E-state index contributed by atoms with van der Waals surface area (Å²) < 4.78 is 11.0. The first kappa shape index (κ1) is 22.1. The Morgan fingerprint density at radius 2 is 2.00 bits per heavy atom. The van der Waals surface area contributed by atoms with Crippen LogP contribution in [0.5, 0.6) is 11.5 Å². The second kappa shape index (κ2) is 10.0. The highest BCUT2D eigenvalue weighted by Gasteiger charge is 2.23. The predicted molar refractivity (Wildman–Crippen MR) is 125 cm³/mol. The highest BCUT2D eigenvalue weighted by molar-refractivity contribution is 8.01. The molecule has 1 aliphatic heterocycles. The predicted octanol–water partition coefficient (Wildman–Crippen LogP) is 3.88. The number of methoxy groups -OCH3 is 2. The molecule has 0 saturated carbocycles. The van der Waals surface area contributed by atoms with E-state index in [1.807, 2.05) is 23.1 Å². The number of benzene rings is 2. The number of thioether (sulfide) groups is 1. The Morgan fingerprint density at radius 1 is 1.16 bits per heavy atom. The number of hydrogen-bond acceptors (Lipinski definition) is 8. The summed E-state index contributed by atoms with van der Waals surface area (Å²) in [6.45, 7) is 0.720. The number of amides is 2. The van der Waals surface area contributed by atoms with E-state index in [0.717, 1.165) is 25.1 Å². The Hall–Kier alpha value is -3.11. The minimum absolute atomic E-state index is 0.0332. The molecule has 1 aromatic heterocycles. The fraction of sp³-hybridized carbons (Fsp3) is 0.273. The maximum Gasteiger partial charge on any atom is 0.261 e. The summed E-state index contributed by atoms with van der Waals surface area (Å²) in [4.78, 5) is 27.3. The van der Waals surface area contributed by atoms with Crippen molar-refractivity contribution in [2.45, 2.75) is 17.2 Å². The highest BCUT2D eigenvalue weighted by atomic mass is 32.2. The van der Waals surface area contributed by atoms with E-state index >= 15 is 0 Å². The van der Waals surface area contributed by atoms with Gasteiger partial charge in [0.05, 0.1) is 25.5 Å². The zero-order valence-corrected chi connectivity index (χ0v) is 19.3. The van der Waals surface area contributed by atoms with E-state index in [4.69, 9.17) is 9.47 Å². The van der Waals surface area contributed by atoms with Crippen molar-refractivity contribution in [1.82, 2.24) is 10.2 Å². The molecule has 2 aromatic carbocycles. The molecule has 1 N–H and O–H groups in total. The molecule has 0 fully saturated rings. The second-order valence-corrected chi connectivity index (χ2v) is 9.16. The fourth-order valence-corrected chi connectivity index (χ4v) is 5.09. The van der Waals surface area contributed by atoms with Gasteiger partial charge in [0.2, 0.25) is 11.0 Å². The van der Waals surface area contributed by atoms with Crippen molar-refractivity contribution in [3.63, 3.8) is 0 Å².